The maximum absolute atomic E-state index is 14.1. The van der Waals surface area contributed by atoms with Gasteiger partial charge in [0.1, 0.15) is 17.3 Å². The van der Waals surface area contributed by atoms with E-state index in [9.17, 15) is 23.5 Å². The van der Waals surface area contributed by atoms with Crippen LogP contribution in [0.2, 0.25) is 0 Å². The zero-order valence-electron chi connectivity index (χ0n) is 13.8. The van der Waals surface area contributed by atoms with Gasteiger partial charge in [0.25, 0.3) is 5.91 Å². The van der Waals surface area contributed by atoms with Crippen LogP contribution in [0.25, 0.3) is 11.3 Å². The molecule has 1 aliphatic heterocycles. The molecule has 2 heterocycles. The summed E-state index contributed by atoms with van der Waals surface area (Å²) in [6, 6.07) is 3.06. The van der Waals surface area contributed by atoms with E-state index >= 15 is 0 Å². The summed E-state index contributed by atoms with van der Waals surface area (Å²) in [7, 11) is 1.59. The molecule has 132 valence electrons. The summed E-state index contributed by atoms with van der Waals surface area (Å²) in [6.07, 6.45) is 1.80. The van der Waals surface area contributed by atoms with E-state index in [1.807, 2.05) is 0 Å². The minimum atomic E-state index is -1.00. The van der Waals surface area contributed by atoms with E-state index in [0.29, 0.717) is 13.0 Å². The smallest absolute Gasteiger partial charge is 0.311 e. The Morgan fingerprint density at radius 2 is 2.04 bits per heavy atom. The Morgan fingerprint density at radius 3 is 2.64 bits per heavy atom. The van der Waals surface area contributed by atoms with Gasteiger partial charge < -0.3 is 10.0 Å². The summed E-state index contributed by atoms with van der Waals surface area (Å²) >= 11 is 0. The molecule has 6 nitrogen and oxygen atoms in total. The second-order valence-electron chi connectivity index (χ2n) is 6.53. The fourth-order valence-electron chi connectivity index (χ4n) is 3.00. The van der Waals surface area contributed by atoms with Crippen molar-refractivity contribution >= 4 is 11.9 Å². The fourth-order valence-corrected chi connectivity index (χ4v) is 3.00. The molecule has 1 amide bonds. The lowest BCUT2D eigenvalue weighted by atomic mass is 9.90. The zero-order chi connectivity index (χ0) is 18.4. The number of aromatic nitrogens is 2. The third-order valence-corrected chi connectivity index (χ3v) is 4.52. The van der Waals surface area contributed by atoms with Gasteiger partial charge in [0.2, 0.25) is 0 Å². The van der Waals surface area contributed by atoms with Crippen molar-refractivity contribution in [3.05, 3.63) is 41.6 Å². The van der Waals surface area contributed by atoms with E-state index in [2.05, 4.69) is 5.10 Å². The second-order valence-corrected chi connectivity index (χ2v) is 6.53. The molecule has 1 atom stereocenters. The number of likely N-dealkylation sites (tertiary alicyclic amines) is 1. The molecular formula is C17H17F2N3O3. The number of aliphatic carboxylic acids is 1. The van der Waals surface area contributed by atoms with Crippen molar-refractivity contribution in [1.29, 1.82) is 0 Å². The Kier molecular flexibility index (Phi) is 4.06. The maximum atomic E-state index is 14.1. The van der Waals surface area contributed by atoms with Crippen LogP contribution in [0.15, 0.2) is 24.4 Å². The maximum Gasteiger partial charge on any atom is 0.311 e. The lowest BCUT2D eigenvalue weighted by Gasteiger charge is -2.20. The Morgan fingerprint density at radius 1 is 1.32 bits per heavy atom. The van der Waals surface area contributed by atoms with Crippen molar-refractivity contribution in [2.24, 2.45) is 12.5 Å². The van der Waals surface area contributed by atoms with Crippen LogP contribution in [0.4, 0.5) is 8.78 Å². The normalized spacial score (nSPS) is 20.1. The van der Waals surface area contributed by atoms with Gasteiger partial charge in [-0.1, -0.05) is 0 Å². The summed E-state index contributed by atoms with van der Waals surface area (Å²) in [6.45, 7) is 1.95. The zero-order valence-corrected chi connectivity index (χ0v) is 13.8. The second kappa shape index (κ2) is 5.94. The Balaban J connectivity index is 1.96. The SMILES string of the molecule is Cn1cc(C(=O)N2CC[C@@](C)(C(=O)O)C2)c(-c2ccc(F)cc2F)n1. The molecule has 0 bridgehead atoms. The summed E-state index contributed by atoms with van der Waals surface area (Å²) in [5, 5.41) is 13.4. The van der Waals surface area contributed by atoms with Gasteiger partial charge in [0, 0.05) is 38.0 Å². The summed E-state index contributed by atoms with van der Waals surface area (Å²) in [5.41, 5.74) is -0.721. The number of carbonyl (C=O) groups excluding carboxylic acids is 1. The molecule has 1 aromatic carbocycles. The van der Waals surface area contributed by atoms with Crippen LogP contribution in [0.5, 0.6) is 0 Å². The summed E-state index contributed by atoms with van der Waals surface area (Å²) < 4.78 is 28.6. The molecule has 8 heteroatoms. The molecule has 1 fully saturated rings. The highest BCUT2D eigenvalue weighted by Crippen LogP contribution is 2.33. The molecule has 0 saturated carbocycles. The average molecular weight is 349 g/mol. The minimum Gasteiger partial charge on any atom is -0.481 e. The van der Waals surface area contributed by atoms with Crippen LogP contribution in [-0.2, 0) is 11.8 Å². The molecular weight excluding hydrogens is 332 g/mol. The van der Waals surface area contributed by atoms with Gasteiger partial charge >= 0.3 is 5.97 Å². The van der Waals surface area contributed by atoms with Crippen molar-refractivity contribution in [1.82, 2.24) is 14.7 Å². The first kappa shape index (κ1) is 17.1. The van der Waals surface area contributed by atoms with Crippen LogP contribution in [-0.4, -0.2) is 44.8 Å². The number of benzene rings is 1. The predicted octanol–water partition coefficient (Wildman–Crippen LogP) is 2.30. The van der Waals surface area contributed by atoms with Crippen LogP contribution < -0.4 is 0 Å². The number of rotatable bonds is 3. The quantitative estimate of drug-likeness (QED) is 0.923. The largest absolute Gasteiger partial charge is 0.481 e. The number of carbonyl (C=O) groups is 2. The third kappa shape index (κ3) is 2.99. The molecule has 0 radical (unpaired) electrons. The van der Waals surface area contributed by atoms with Gasteiger partial charge in [-0.05, 0) is 25.5 Å². The number of amides is 1. The van der Waals surface area contributed by atoms with Gasteiger partial charge in [-0.25, -0.2) is 8.78 Å². The number of carboxylic acid groups (broad SMARTS) is 1. The molecule has 25 heavy (non-hydrogen) atoms. The molecule has 1 saturated heterocycles. The molecule has 0 spiro atoms. The van der Waals surface area contributed by atoms with Gasteiger partial charge in [0.15, 0.2) is 0 Å². The Bertz CT molecular complexity index is 865. The van der Waals surface area contributed by atoms with Crippen molar-refractivity contribution in [3.63, 3.8) is 0 Å². The number of hydrogen-bond donors (Lipinski definition) is 1. The van der Waals surface area contributed by atoms with E-state index in [1.54, 1.807) is 14.0 Å². The van der Waals surface area contributed by atoms with Crippen molar-refractivity contribution < 1.29 is 23.5 Å². The molecule has 3 rings (SSSR count). The lowest BCUT2D eigenvalue weighted by molar-refractivity contribution is -0.147. The topological polar surface area (TPSA) is 75.4 Å². The van der Waals surface area contributed by atoms with Crippen LogP contribution in [0, 0.1) is 17.0 Å². The first-order valence-corrected chi connectivity index (χ1v) is 7.73. The van der Waals surface area contributed by atoms with Crippen molar-refractivity contribution in [3.8, 4) is 11.3 Å². The first-order chi connectivity index (χ1) is 11.7. The number of carboxylic acids is 1. The lowest BCUT2D eigenvalue weighted by Crippen LogP contribution is -2.35. The first-order valence-electron chi connectivity index (χ1n) is 7.73. The van der Waals surface area contributed by atoms with Crippen molar-refractivity contribution in [2.75, 3.05) is 13.1 Å². The number of aryl methyl sites for hydroxylation is 1. The number of hydrogen-bond acceptors (Lipinski definition) is 3. The highest BCUT2D eigenvalue weighted by Gasteiger charge is 2.43. The van der Waals surface area contributed by atoms with E-state index in [0.717, 1.165) is 12.1 Å². The standard InChI is InChI=1S/C17H17F2N3O3/c1-17(16(24)25)5-6-22(9-17)15(23)12-8-21(2)20-14(12)11-4-3-10(18)7-13(11)19/h3-4,7-8H,5-6,9H2,1-2H3,(H,24,25)/t17-/m1/s1. The summed E-state index contributed by atoms with van der Waals surface area (Å²) in [4.78, 5) is 25.6. The van der Waals surface area contributed by atoms with E-state index in [4.69, 9.17) is 0 Å². The molecule has 1 N–H and O–H groups in total. The summed E-state index contributed by atoms with van der Waals surface area (Å²) in [5.74, 6) is -2.91. The fraction of sp³-hybridized carbons (Fsp3) is 0.353. The molecule has 2 aromatic rings. The molecule has 1 aromatic heterocycles. The van der Waals surface area contributed by atoms with E-state index in [-0.39, 0.29) is 23.4 Å². The number of nitrogens with zero attached hydrogens (tertiary/aromatic N) is 3. The third-order valence-electron chi connectivity index (χ3n) is 4.52. The van der Waals surface area contributed by atoms with Gasteiger partial charge in [-0.2, -0.15) is 5.10 Å². The minimum absolute atomic E-state index is 0.0190. The predicted molar refractivity (Wildman–Crippen MR) is 84.8 cm³/mol. The van der Waals surface area contributed by atoms with E-state index in [1.165, 1.54) is 21.8 Å². The Labute approximate surface area is 142 Å². The van der Waals surface area contributed by atoms with Gasteiger partial charge in [-0.15, -0.1) is 0 Å². The molecule has 0 unspecified atom stereocenters. The molecule has 1 aliphatic rings. The highest BCUT2D eigenvalue weighted by molar-refractivity contribution is 6.00. The van der Waals surface area contributed by atoms with Gasteiger partial charge in [0.05, 0.1) is 11.0 Å². The van der Waals surface area contributed by atoms with E-state index < -0.39 is 28.9 Å². The average Bonchev–Trinajstić information content (AvgIpc) is 3.11. The Hall–Kier alpha value is -2.77. The monoisotopic (exact) mass is 349 g/mol. The highest BCUT2D eigenvalue weighted by atomic mass is 19.1. The van der Waals surface area contributed by atoms with Gasteiger partial charge in [-0.3, -0.25) is 14.3 Å². The molecule has 0 aliphatic carbocycles. The van der Waals surface area contributed by atoms with Crippen LogP contribution in [0.3, 0.4) is 0 Å². The van der Waals surface area contributed by atoms with Crippen LogP contribution in [0.1, 0.15) is 23.7 Å². The van der Waals surface area contributed by atoms with Crippen molar-refractivity contribution in [2.45, 2.75) is 13.3 Å². The number of halogens is 2. The van der Waals surface area contributed by atoms with Crippen LogP contribution >= 0.6 is 0 Å².